The molecular weight excluding hydrogens is 390 g/mol. The number of carbonyl (C=O) groups excluding carboxylic acids is 1. The molecule has 146 valence electrons. The summed E-state index contributed by atoms with van der Waals surface area (Å²) in [6, 6.07) is 11.2. The maximum atomic E-state index is 12.7. The van der Waals surface area contributed by atoms with Crippen molar-refractivity contribution >= 4 is 25.8 Å². The zero-order valence-electron chi connectivity index (χ0n) is 15.2. The topological polar surface area (TPSA) is 107 Å². The van der Waals surface area contributed by atoms with E-state index >= 15 is 0 Å². The van der Waals surface area contributed by atoms with Gasteiger partial charge in [0.25, 0.3) is 0 Å². The van der Waals surface area contributed by atoms with E-state index in [2.05, 4.69) is 9.46 Å². The average Bonchev–Trinajstić information content (AvgIpc) is 2.61. The fraction of sp³-hybridized carbons (Fsp3) is 0.278. The fourth-order valence-electron chi connectivity index (χ4n) is 2.40. The number of rotatable bonds is 7. The Labute approximate surface area is 159 Å². The van der Waals surface area contributed by atoms with Gasteiger partial charge in [-0.25, -0.2) is 21.6 Å². The predicted octanol–water partition coefficient (Wildman–Crippen LogP) is 1.98. The SMILES string of the molecule is COC(=O)C[C@@H](NS(=O)(=O)c1ccc(S(C)(=O)=O)cc1)c1ccc(C)cc1. The molecule has 0 aliphatic rings. The zero-order chi connectivity index (χ0) is 20.2. The number of carbonyl (C=O) groups is 1. The van der Waals surface area contributed by atoms with Crippen molar-refractivity contribution in [1.29, 1.82) is 0 Å². The van der Waals surface area contributed by atoms with Gasteiger partial charge in [-0.1, -0.05) is 29.8 Å². The molecule has 0 amide bonds. The van der Waals surface area contributed by atoms with Crippen molar-refractivity contribution in [3.05, 3.63) is 59.7 Å². The first kappa shape index (κ1) is 21.1. The van der Waals surface area contributed by atoms with Crippen LogP contribution >= 0.6 is 0 Å². The molecule has 9 heteroatoms. The molecule has 0 heterocycles. The van der Waals surface area contributed by atoms with Crippen molar-refractivity contribution < 1.29 is 26.4 Å². The predicted molar refractivity (Wildman–Crippen MR) is 100 cm³/mol. The Hall–Kier alpha value is -2.23. The van der Waals surface area contributed by atoms with Crippen molar-refractivity contribution in [1.82, 2.24) is 4.72 Å². The first-order valence-corrected chi connectivity index (χ1v) is 11.4. The quantitative estimate of drug-likeness (QED) is 0.698. The Morgan fingerprint density at radius 2 is 1.48 bits per heavy atom. The molecule has 0 unspecified atom stereocenters. The second kappa shape index (κ2) is 8.20. The summed E-state index contributed by atoms with van der Waals surface area (Å²) in [5.41, 5.74) is 1.61. The van der Waals surface area contributed by atoms with E-state index in [1.54, 1.807) is 12.1 Å². The molecule has 1 N–H and O–H groups in total. The second-order valence-electron chi connectivity index (χ2n) is 6.11. The van der Waals surface area contributed by atoms with Crippen LogP contribution in [0.5, 0.6) is 0 Å². The number of hydrogen-bond acceptors (Lipinski definition) is 6. The maximum Gasteiger partial charge on any atom is 0.307 e. The highest BCUT2D eigenvalue weighted by Gasteiger charge is 2.24. The molecule has 27 heavy (non-hydrogen) atoms. The summed E-state index contributed by atoms with van der Waals surface area (Å²) in [5, 5.41) is 0. The minimum atomic E-state index is -3.99. The first-order chi connectivity index (χ1) is 12.5. The van der Waals surface area contributed by atoms with E-state index in [9.17, 15) is 21.6 Å². The molecule has 2 rings (SSSR count). The zero-order valence-corrected chi connectivity index (χ0v) is 16.8. The number of ether oxygens (including phenoxy) is 1. The highest BCUT2D eigenvalue weighted by Crippen LogP contribution is 2.22. The van der Waals surface area contributed by atoms with Crippen molar-refractivity contribution in [3.63, 3.8) is 0 Å². The molecule has 0 bridgehead atoms. The van der Waals surface area contributed by atoms with Gasteiger partial charge in [0.2, 0.25) is 10.0 Å². The minimum absolute atomic E-state index is 0.0195. The van der Waals surface area contributed by atoms with E-state index in [0.717, 1.165) is 11.8 Å². The average molecular weight is 412 g/mol. The van der Waals surface area contributed by atoms with Crippen LogP contribution in [0.25, 0.3) is 0 Å². The van der Waals surface area contributed by atoms with E-state index in [1.807, 2.05) is 19.1 Å². The largest absolute Gasteiger partial charge is 0.469 e. The third-order valence-electron chi connectivity index (χ3n) is 3.94. The van der Waals surface area contributed by atoms with Gasteiger partial charge in [-0.3, -0.25) is 4.79 Å². The van der Waals surface area contributed by atoms with Crippen molar-refractivity contribution in [2.24, 2.45) is 0 Å². The molecule has 0 aromatic heterocycles. The Bertz CT molecular complexity index is 1010. The summed E-state index contributed by atoms with van der Waals surface area (Å²) < 4.78 is 55.6. The summed E-state index contributed by atoms with van der Waals surface area (Å²) in [7, 11) is -6.19. The van der Waals surface area contributed by atoms with Crippen LogP contribution in [-0.2, 0) is 29.4 Å². The number of esters is 1. The summed E-state index contributed by atoms with van der Waals surface area (Å²) >= 11 is 0. The molecule has 2 aromatic carbocycles. The Balaban J connectivity index is 2.34. The van der Waals surface area contributed by atoms with E-state index in [-0.39, 0.29) is 16.2 Å². The summed E-state index contributed by atoms with van der Waals surface area (Å²) in [6.45, 7) is 1.90. The van der Waals surface area contributed by atoms with Crippen LogP contribution in [0.4, 0.5) is 0 Å². The highest BCUT2D eigenvalue weighted by molar-refractivity contribution is 7.90. The normalized spacial score (nSPS) is 13.1. The van der Waals surface area contributed by atoms with Crippen LogP contribution in [0.2, 0.25) is 0 Å². The lowest BCUT2D eigenvalue weighted by molar-refractivity contribution is -0.141. The standard InChI is InChI=1S/C18H21NO6S2/c1-13-4-6-14(7-5-13)17(12-18(20)25-2)19-27(23,24)16-10-8-15(9-11-16)26(3,21)22/h4-11,17,19H,12H2,1-3H3/t17-/m1/s1. The molecule has 0 radical (unpaired) electrons. The summed E-state index contributed by atoms with van der Waals surface area (Å²) in [5.74, 6) is -0.560. The molecule has 1 atom stereocenters. The van der Waals surface area contributed by atoms with Gasteiger partial charge >= 0.3 is 5.97 Å². The molecule has 2 aromatic rings. The maximum absolute atomic E-state index is 12.7. The Morgan fingerprint density at radius 3 is 1.96 bits per heavy atom. The van der Waals surface area contributed by atoms with Crippen LogP contribution < -0.4 is 4.72 Å². The van der Waals surface area contributed by atoms with Gasteiger partial charge in [-0.15, -0.1) is 0 Å². The van der Waals surface area contributed by atoms with Crippen LogP contribution in [0.1, 0.15) is 23.6 Å². The van der Waals surface area contributed by atoms with E-state index < -0.39 is 31.9 Å². The minimum Gasteiger partial charge on any atom is -0.469 e. The summed E-state index contributed by atoms with van der Waals surface area (Å²) in [4.78, 5) is 11.6. The Kier molecular flexibility index (Phi) is 6.40. The van der Waals surface area contributed by atoms with Crippen LogP contribution in [0, 0.1) is 6.92 Å². The number of sulfone groups is 1. The van der Waals surface area contributed by atoms with Crippen LogP contribution in [-0.4, -0.2) is 36.2 Å². The van der Waals surface area contributed by atoms with Gasteiger partial charge in [0.05, 0.1) is 29.4 Å². The molecule has 7 nitrogen and oxygen atoms in total. The van der Waals surface area contributed by atoms with Crippen LogP contribution in [0.15, 0.2) is 58.3 Å². The second-order valence-corrected chi connectivity index (χ2v) is 9.84. The fourth-order valence-corrected chi connectivity index (χ4v) is 4.25. The van der Waals surface area contributed by atoms with Gasteiger partial charge < -0.3 is 4.74 Å². The number of hydrogen-bond donors (Lipinski definition) is 1. The number of benzene rings is 2. The van der Waals surface area contributed by atoms with Gasteiger partial charge in [0, 0.05) is 6.26 Å². The van der Waals surface area contributed by atoms with Gasteiger partial charge in [-0.05, 0) is 36.8 Å². The lowest BCUT2D eigenvalue weighted by Gasteiger charge is -2.18. The Morgan fingerprint density at radius 1 is 0.963 bits per heavy atom. The smallest absolute Gasteiger partial charge is 0.307 e. The number of sulfonamides is 1. The number of aryl methyl sites for hydroxylation is 1. The molecule has 0 spiro atoms. The number of methoxy groups -OCH3 is 1. The van der Waals surface area contributed by atoms with Crippen molar-refractivity contribution in [2.75, 3.05) is 13.4 Å². The highest BCUT2D eigenvalue weighted by atomic mass is 32.2. The molecule has 0 saturated carbocycles. The lowest BCUT2D eigenvalue weighted by atomic mass is 10.0. The first-order valence-electron chi connectivity index (χ1n) is 7.99. The molecule has 0 aliphatic heterocycles. The van der Waals surface area contributed by atoms with E-state index in [0.29, 0.717) is 5.56 Å². The van der Waals surface area contributed by atoms with Gasteiger partial charge in [0.15, 0.2) is 9.84 Å². The molecule has 0 aliphatic carbocycles. The van der Waals surface area contributed by atoms with E-state index in [1.165, 1.54) is 31.4 Å². The molecule has 0 saturated heterocycles. The monoisotopic (exact) mass is 411 g/mol. The third kappa shape index (κ3) is 5.62. The van der Waals surface area contributed by atoms with Crippen molar-refractivity contribution in [2.45, 2.75) is 29.2 Å². The molecule has 0 fully saturated rings. The third-order valence-corrected chi connectivity index (χ3v) is 6.55. The number of nitrogens with one attached hydrogen (secondary N) is 1. The van der Waals surface area contributed by atoms with E-state index in [4.69, 9.17) is 0 Å². The summed E-state index contributed by atoms with van der Waals surface area (Å²) in [6.07, 6.45) is 0.860. The lowest BCUT2D eigenvalue weighted by Crippen LogP contribution is -2.30. The van der Waals surface area contributed by atoms with Gasteiger partial charge in [-0.2, -0.15) is 0 Å². The molecular formula is C18H21NO6S2. The van der Waals surface area contributed by atoms with Gasteiger partial charge in [0.1, 0.15) is 0 Å². The van der Waals surface area contributed by atoms with Crippen molar-refractivity contribution in [3.8, 4) is 0 Å². The van der Waals surface area contributed by atoms with Crippen LogP contribution in [0.3, 0.4) is 0 Å².